The zero-order valence-corrected chi connectivity index (χ0v) is 11.9. The van der Waals surface area contributed by atoms with Crippen LogP contribution in [0.15, 0.2) is 24.3 Å². The summed E-state index contributed by atoms with van der Waals surface area (Å²) in [5, 5.41) is 7.34. The maximum atomic E-state index is 7.34. The highest BCUT2D eigenvalue weighted by atomic mass is 35.6. The molecule has 1 aliphatic rings. The van der Waals surface area contributed by atoms with Crippen LogP contribution in [-0.2, 0) is 4.74 Å². The van der Waals surface area contributed by atoms with E-state index in [9.17, 15) is 0 Å². The molecule has 1 aliphatic heterocycles. The van der Waals surface area contributed by atoms with E-state index in [0.29, 0.717) is 5.75 Å². The van der Waals surface area contributed by atoms with Crippen molar-refractivity contribution in [3.05, 3.63) is 29.8 Å². The average molecular weight is 323 g/mol. The van der Waals surface area contributed by atoms with Crippen LogP contribution in [0.3, 0.4) is 0 Å². The first-order chi connectivity index (χ1) is 8.97. The Morgan fingerprint density at radius 1 is 1.32 bits per heavy atom. The third-order valence-electron chi connectivity index (χ3n) is 2.29. The maximum absolute atomic E-state index is 7.34. The molecular formula is C12H10Cl3NO3. The van der Waals surface area contributed by atoms with Crippen molar-refractivity contribution in [1.29, 1.82) is 5.41 Å². The second kappa shape index (κ2) is 5.90. The van der Waals surface area contributed by atoms with E-state index < -0.39 is 9.69 Å². The van der Waals surface area contributed by atoms with Gasteiger partial charge < -0.3 is 14.2 Å². The predicted octanol–water partition coefficient (Wildman–Crippen LogP) is 3.79. The summed E-state index contributed by atoms with van der Waals surface area (Å²) in [5.74, 6) is 1.02. The highest BCUT2D eigenvalue weighted by Gasteiger charge is 2.28. The van der Waals surface area contributed by atoms with Crippen molar-refractivity contribution < 1.29 is 14.2 Å². The summed E-state index contributed by atoms with van der Waals surface area (Å²) in [6, 6.07) is 5.55. The van der Waals surface area contributed by atoms with E-state index >= 15 is 0 Å². The van der Waals surface area contributed by atoms with Crippen molar-refractivity contribution in [1.82, 2.24) is 0 Å². The predicted molar refractivity (Wildman–Crippen MR) is 75.6 cm³/mol. The summed E-state index contributed by atoms with van der Waals surface area (Å²) < 4.78 is 13.6. The number of rotatable bonds is 3. The molecule has 0 aliphatic carbocycles. The van der Waals surface area contributed by atoms with Crippen molar-refractivity contribution in [2.75, 3.05) is 13.4 Å². The first-order valence-corrected chi connectivity index (χ1v) is 6.45. The molecular weight excluding hydrogens is 312 g/mol. The van der Waals surface area contributed by atoms with Crippen LogP contribution in [0.1, 0.15) is 5.56 Å². The highest BCUT2D eigenvalue weighted by Crippen LogP contribution is 2.32. The normalized spacial score (nSPS) is 13.8. The van der Waals surface area contributed by atoms with Gasteiger partial charge >= 0.3 is 0 Å². The second-order valence-corrected chi connectivity index (χ2v) is 5.93. The van der Waals surface area contributed by atoms with Crippen molar-refractivity contribution in [2.45, 2.75) is 3.79 Å². The van der Waals surface area contributed by atoms with Gasteiger partial charge in [-0.3, -0.25) is 5.41 Å². The first kappa shape index (κ1) is 14.3. The smallest absolute Gasteiger partial charge is 0.265 e. The van der Waals surface area contributed by atoms with Gasteiger partial charge in [0.25, 0.3) is 3.79 Å². The van der Waals surface area contributed by atoms with E-state index in [1.165, 1.54) is 0 Å². The lowest BCUT2D eigenvalue weighted by Gasteiger charge is -2.11. The number of hydrogen-bond acceptors (Lipinski definition) is 4. The van der Waals surface area contributed by atoms with Crippen molar-refractivity contribution in [2.24, 2.45) is 0 Å². The number of nitrogens with one attached hydrogen (secondary N) is 1. The SMILES string of the molecule is N=C(OCC=Cc1ccc2c(c1)OCO2)C(Cl)(Cl)Cl. The second-order valence-electron chi connectivity index (χ2n) is 3.65. The Morgan fingerprint density at radius 3 is 2.79 bits per heavy atom. The zero-order chi connectivity index (χ0) is 13.9. The molecule has 0 spiro atoms. The molecule has 0 aromatic heterocycles. The fraction of sp³-hybridized carbons (Fsp3) is 0.250. The summed E-state index contributed by atoms with van der Waals surface area (Å²) in [6.45, 7) is 0.382. The average Bonchev–Trinajstić information content (AvgIpc) is 2.80. The summed E-state index contributed by atoms with van der Waals surface area (Å²) >= 11 is 16.4. The molecule has 1 N–H and O–H groups in total. The zero-order valence-electron chi connectivity index (χ0n) is 9.66. The summed E-state index contributed by atoms with van der Waals surface area (Å²) in [4.78, 5) is 0. The Bertz CT molecular complexity index is 511. The monoisotopic (exact) mass is 321 g/mol. The van der Waals surface area contributed by atoms with Gasteiger partial charge in [0, 0.05) is 0 Å². The molecule has 0 bridgehead atoms. The van der Waals surface area contributed by atoms with E-state index in [-0.39, 0.29) is 13.4 Å². The van der Waals surface area contributed by atoms with Crippen LogP contribution >= 0.6 is 34.8 Å². The van der Waals surface area contributed by atoms with Gasteiger partial charge in [0.1, 0.15) is 6.61 Å². The molecule has 1 aromatic rings. The fourth-order valence-electron chi connectivity index (χ4n) is 1.41. The van der Waals surface area contributed by atoms with Crippen LogP contribution in [0.25, 0.3) is 6.08 Å². The minimum absolute atomic E-state index is 0.140. The molecule has 19 heavy (non-hydrogen) atoms. The van der Waals surface area contributed by atoms with Gasteiger partial charge in [-0.05, 0) is 23.8 Å². The Labute approximate surface area is 125 Å². The molecule has 0 amide bonds. The van der Waals surface area contributed by atoms with Crippen LogP contribution in [0.2, 0.25) is 0 Å². The van der Waals surface area contributed by atoms with E-state index in [2.05, 4.69) is 0 Å². The number of ether oxygens (including phenoxy) is 3. The Kier molecular flexibility index (Phi) is 4.45. The van der Waals surface area contributed by atoms with Gasteiger partial charge in [-0.15, -0.1) is 0 Å². The van der Waals surface area contributed by atoms with E-state index in [4.69, 9.17) is 54.4 Å². The highest BCUT2D eigenvalue weighted by molar-refractivity contribution is 6.76. The van der Waals surface area contributed by atoms with Gasteiger partial charge in [-0.25, -0.2) is 0 Å². The number of alkyl halides is 3. The third-order valence-corrected chi connectivity index (χ3v) is 2.80. The maximum Gasteiger partial charge on any atom is 0.265 e. The van der Waals surface area contributed by atoms with Crippen LogP contribution in [0.5, 0.6) is 11.5 Å². The third kappa shape index (κ3) is 3.93. The number of hydrogen-bond donors (Lipinski definition) is 1. The first-order valence-electron chi connectivity index (χ1n) is 5.31. The quantitative estimate of drug-likeness (QED) is 0.523. The van der Waals surface area contributed by atoms with Crippen LogP contribution in [0, 0.1) is 5.41 Å². The van der Waals surface area contributed by atoms with Gasteiger partial charge in [0.2, 0.25) is 12.7 Å². The number of halogens is 3. The molecule has 2 rings (SSSR count). The lowest BCUT2D eigenvalue weighted by atomic mass is 10.2. The standard InChI is InChI=1S/C12H10Cl3NO3/c13-12(14,15)11(16)17-5-1-2-8-3-4-9-10(6-8)19-7-18-9/h1-4,6,16H,5,7H2. The Hall–Kier alpha value is -1.10. The topological polar surface area (TPSA) is 51.5 Å². The number of fused-ring (bicyclic) bond motifs is 1. The van der Waals surface area contributed by atoms with Gasteiger partial charge in [-0.1, -0.05) is 46.9 Å². The molecule has 0 saturated heterocycles. The minimum atomic E-state index is -1.83. The summed E-state index contributed by atoms with van der Waals surface area (Å²) in [5.41, 5.74) is 0.924. The molecule has 4 nitrogen and oxygen atoms in total. The molecule has 1 heterocycles. The molecule has 0 radical (unpaired) electrons. The molecule has 7 heteroatoms. The summed E-state index contributed by atoms with van der Waals surface area (Å²) in [6.07, 6.45) is 3.52. The van der Waals surface area contributed by atoms with E-state index in [1.807, 2.05) is 24.3 Å². The van der Waals surface area contributed by atoms with Gasteiger partial charge in [0.15, 0.2) is 11.5 Å². The van der Waals surface area contributed by atoms with Crippen LogP contribution in [-0.4, -0.2) is 23.1 Å². The lowest BCUT2D eigenvalue weighted by Crippen LogP contribution is -2.21. The van der Waals surface area contributed by atoms with Gasteiger partial charge in [-0.2, -0.15) is 0 Å². The van der Waals surface area contributed by atoms with Crippen molar-refractivity contribution in [3.8, 4) is 11.5 Å². The largest absolute Gasteiger partial charge is 0.474 e. The van der Waals surface area contributed by atoms with Crippen LogP contribution < -0.4 is 9.47 Å². The molecule has 0 saturated carbocycles. The summed E-state index contributed by atoms with van der Waals surface area (Å²) in [7, 11) is 0. The number of benzene rings is 1. The van der Waals surface area contributed by atoms with E-state index in [1.54, 1.807) is 6.08 Å². The molecule has 0 fully saturated rings. The van der Waals surface area contributed by atoms with Crippen molar-refractivity contribution in [3.63, 3.8) is 0 Å². The minimum Gasteiger partial charge on any atom is -0.474 e. The van der Waals surface area contributed by atoms with E-state index in [0.717, 1.165) is 11.3 Å². The molecule has 0 atom stereocenters. The van der Waals surface area contributed by atoms with Crippen LogP contribution in [0.4, 0.5) is 0 Å². The Balaban J connectivity index is 1.88. The molecule has 0 unspecified atom stereocenters. The van der Waals surface area contributed by atoms with Gasteiger partial charge in [0.05, 0.1) is 0 Å². The lowest BCUT2D eigenvalue weighted by molar-refractivity contribution is 0.174. The van der Waals surface area contributed by atoms with Crippen molar-refractivity contribution >= 4 is 46.8 Å². The molecule has 1 aromatic carbocycles. The fourth-order valence-corrected chi connectivity index (χ4v) is 1.58. The molecule has 102 valence electrons. The Morgan fingerprint density at radius 2 is 2.05 bits per heavy atom.